The first-order valence-corrected chi connectivity index (χ1v) is 14.6. The van der Waals surface area contributed by atoms with Crippen molar-refractivity contribution in [3.05, 3.63) is 75.2 Å². The number of carboxylic acid groups (broad SMARTS) is 1. The molecule has 0 radical (unpaired) electrons. The summed E-state index contributed by atoms with van der Waals surface area (Å²) in [6, 6.07) is 9.29. The fraction of sp³-hybridized carbons (Fsp3) is 0.355. The number of rotatable bonds is 6. The van der Waals surface area contributed by atoms with E-state index in [0.29, 0.717) is 29.1 Å². The summed E-state index contributed by atoms with van der Waals surface area (Å²) in [5, 5.41) is 9.80. The van der Waals surface area contributed by atoms with Crippen LogP contribution in [0.2, 0.25) is 5.02 Å². The van der Waals surface area contributed by atoms with Crippen molar-refractivity contribution in [2.75, 3.05) is 24.5 Å². The van der Waals surface area contributed by atoms with E-state index >= 15 is 0 Å². The first-order chi connectivity index (χ1) is 21.0. The molecule has 1 amide bonds. The van der Waals surface area contributed by atoms with Crippen LogP contribution in [0.5, 0.6) is 0 Å². The summed E-state index contributed by atoms with van der Waals surface area (Å²) in [6.45, 7) is 8.52. The molecule has 4 aromatic rings. The van der Waals surface area contributed by atoms with Crippen molar-refractivity contribution in [3.8, 4) is 16.9 Å². The maximum atomic E-state index is 15.0. The van der Waals surface area contributed by atoms with Gasteiger partial charge in [-0.25, -0.2) is 23.5 Å². The maximum absolute atomic E-state index is 15.0. The van der Waals surface area contributed by atoms with Crippen LogP contribution >= 0.6 is 11.6 Å². The van der Waals surface area contributed by atoms with Crippen LogP contribution in [0.4, 0.5) is 10.2 Å². The van der Waals surface area contributed by atoms with E-state index < -0.39 is 29.7 Å². The molecule has 0 spiro atoms. The fourth-order valence-corrected chi connectivity index (χ4v) is 6.05. The van der Waals surface area contributed by atoms with Crippen molar-refractivity contribution in [1.29, 1.82) is 0 Å². The van der Waals surface area contributed by atoms with Crippen LogP contribution < -0.4 is 10.6 Å². The number of benzene rings is 1. The third-order valence-corrected chi connectivity index (χ3v) is 8.33. The molecule has 2 fully saturated rings. The first kappa shape index (κ1) is 29.6. The van der Waals surface area contributed by atoms with Crippen LogP contribution in [-0.4, -0.2) is 79.3 Å². The lowest BCUT2D eigenvalue weighted by Crippen LogP contribution is -2.55. The lowest BCUT2D eigenvalue weighted by atomic mass is 10.0. The number of aromatic nitrogens is 4. The summed E-state index contributed by atoms with van der Waals surface area (Å²) < 4.78 is 21.4. The SMILES string of the molecule is Cc1ccnc(C(C)C)c1-n1c(=O)nc(N2CCN(C(=O)[C@@H]3O[C@H]3C(=O)O)CC2C)c2cc(Cl)c(-c3ccccc3F)nc21. The van der Waals surface area contributed by atoms with Crippen LogP contribution in [0.1, 0.15) is 37.9 Å². The molecule has 1 aromatic carbocycles. The van der Waals surface area contributed by atoms with E-state index in [2.05, 4.69) is 9.97 Å². The van der Waals surface area contributed by atoms with Gasteiger partial charge in [0.15, 0.2) is 17.9 Å². The van der Waals surface area contributed by atoms with E-state index in [4.69, 9.17) is 26.4 Å². The predicted octanol–water partition coefficient (Wildman–Crippen LogP) is 3.96. The summed E-state index contributed by atoms with van der Waals surface area (Å²) in [4.78, 5) is 55.5. The minimum absolute atomic E-state index is 0.0355. The number of piperazine rings is 1. The lowest BCUT2D eigenvalue weighted by molar-refractivity contribution is -0.139. The van der Waals surface area contributed by atoms with E-state index in [9.17, 15) is 18.8 Å². The van der Waals surface area contributed by atoms with Gasteiger partial charge in [-0.3, -0.25) is 9.78 Å². The molecule has 3 aromatic heterocycles. The largest absolute Gasteiger partial charge is 0.479 e. The zero-order valence-electron chi connectivity index (χ0n) is 24.5. The minimum Gasteiger partial charge on any atom is -0.479 e. The van der Waals surface area contributed by atoms with Crippen molar-refractivity contribution >= 4 is 40.3 Å². The summed E-state index contributed by atoms with van der Waals surface area (Å²) >= 11 is 6.76. The van der Waals surface area contributed by atoms with Crippen molar-refractivity contribution < 1.29 is 23.8 Å². The molecule has 5 heterocycles. The highest BCUT2D eigenvalue weighted by Crippen LogP contribution is 2.36. The quantitative estimate of drug-likeness (QED) is 0.318. The van der Waals surface area contributed by atoms with Gasteiger partial charge in [0.25, 0.3) is 5.91 Å². The number of carboxylic acids is 1. The van der Waals surface area contributed by atoms with E-state index in [1.807, 2.05) is 32.6 Å². The molecule has 0 bridgehead atoms. The van der Waals surface area contributed by atoms with Gasteiger partial charge in [0.05, 0.1) is 27.5 Å². The van der Waals surface area contributed by atoms with Crippen molar-refractivity contribution in [3.63, 3.8) is 0 Å². The summed E-state index contributed by atoms with van der Waals surface area (Å²) in [5.41, 5.74) is 2.01. The molecule has 0 aliphatic carbocycles. The summed E-state index contributed by atoms with van der Waals surface area (Å²) in [5.74, 6) is -1.77. The van der Waals surface area contributed by atoms with Crippen molar-refractivity contribution in [1.82, 2.24) is 24.4 Å². The van der Waals surface area contributed by atoms with E-state index in [0.717, 1.165) is 5.56 Å². The number of halogens is 2. The van der Waals surface area contributed by atoms with Gasteiger partial charge < -0.3 is 19.6 Å². The molecular weight excluding hydrogens is 591 g/mol. The minimum atomic E-state index is -1.17. The second kappa shape index (κ2) is 11.3. The molecule has 2 aliphatic rings. The molecule has 6 rings (SSSR count). The van der Waals surface area contributed by atoms with Crippen molar-refractivity contribution in [2.45, 2.75) is 51.9 Å². The Balaban J connectivity index is 1.51. The van der Waals surface area contributed by atoms with Crippen LogP contribution in [-0.2, 0) is 14.3 Å². The molecule has 2 aliphatic heterocycles. The third kappa shape index (κ3) is 5.07. The number of carbonyl (C=O) groups excluding carboxylic acids is 1. The number of nitrogens with zero attached hydrogens (tertiary/aromatic N) is 6. The molecule has 1 unspecified atom stereocenters. The number of carbonyl (C=O) groups is 2. The van der Waals surface area contributed by atoms with Gasteiger partial charge in [-0.05, 0) is 49.6 Å². The fourth-order valence-electron chi connectivity index (χ4n) is 5.79. The number of amides is 1. The topological polar surface area (TPSA) is 134 Å². The Labute approximate surface area is 256 Å². The molecule has 13 heteroatoms. The van der Waals surface area contributed by atoms with Gasteiger partial charge in [0, 0.05) is 37.4 Å². The Hall–Kier alpha value is -4.42. The Kier molecular flexibility index (Phi) is 7.58. The molecule has 0 saturated carbocycles. The Morgan fingerprint density at radius 2 is 1.89 bits per heavy atom. The number of ether oxygens (including phenoxy) is 1. The predicted molar refractivity (Wildman–Crippen MR) is 162 cm³/mol. The summed E-state index contributed by atoms with van der Waals surface area (Å²) in [6.07, 6.45) is -0.434. The number of epoxide rings is 1. The van der Waals surface area contributed by atoms with Gasteiger partial charge in [-0.15, -0.1) is 0 Å². The zero-order chi connectivity index (χ0) is 31.4. The highest BCUT2D eigenvalue weighted by atomic mass is 35.5. The maximum Gasteiger partial charge on any atom is 0.355 e. The van der Waals surface area contributed by atoms with E-state index in [-0.39, 0.29) is 52.9 Å². The zero-order valence-corrected chi connectivity index (χ0v) is 25.2. The Bertz CT molecular complexity index is 1880. The van der Waals surface area contributed by atoms with Crippen LogP contribution in [0.3, 0.4) is 0 Å². The van der Waals surface area contributed by atoms with Crippen LogP contribution in [0.25, 0.3) is 28.0 Å². The van der Waals surface area contributed by atoms with E-state index in [1.165, 1.54) is 10.6 Å². The molecule has 228 valence electrons. The number of aryl methyl sites for hydroxylation is 1. The highest BCUT2D eigenvalue weighted by Gasteiger charge is 2.52. The highest BCUT2D eigenvalue weighted by molar-refractivity contribution is 6.33. The van der Waals surface area contributed by atoms with Crippen LogP contribution in [0, 0.1) is 12.7 Å². The molecule has 1 N–H and O–H groups in total. The smallest absolute Gasteiger partial charge is 0.355 e. The van der Waals surface area contributed by atoms with Crippen LogP contribution in [0.15, 0.2) is 47.4 Å². The first-order valence-electron chi connectivity index (χ1n) is 14.3. The average Bonchev–Trinajstić information content (AvgIpc) is 3.79. The molecule has 11 nitrogen and oxygen atoms in total. The molecular formula is C31H30ClFN6O5. The molecule has 44 heavy (non-hydrogen) atoms. The monoisotopic (exact) mass is 620 g/mol. The van der Waals surface area contributed by atoms with Gasteiger partial charge in [-0.2, -0.15) is 4.98 Å². The Morgan fingerprint density at radius 3 is 2.55 bits per heavy atom. The number of aliphatic carboxylic acids is 1. The number of pyridine rings is 2. The lowest BCUT2D eigenvalue weighted by Gasteiger charge is -2.40. The second-order valence-electron chi connectivity index (χ2n) is 11.4. The molecule has 2 saturated heterocycles. The Morgan fingerprint density at radius 1 is 1.14 bits per heavy atom. The number of hydrogen-bond acceptors (Lipinski definition) is 8. The van der Waals surface area contributed by atoms with Gasteiger partial charge in [0.2, 0.25) is 0 Å². The number of fused-ring (bicyclic) bond motifs is 1. The normalized spacial score (nSPS) is 19.9. The average molecular weight is 621 g/mol. The number of anilines is 1. The van der Waals surface area contributed by atoms with Gasteiger partial charge in [0.1, 0.15) is 11.6 Å². The third-order valence-electron chi connectivity index (χ3n) is 8.04. The van der Waals surface area contributed by atoms with Gasteiger partial charge >= 0.3 is 11.7 Å². The van der Waals surface area contributed by atoms with Gasteiger partial charge in [-0.1, -0.05) is 37.6 Å². The number of hydrogen-bond donors (Lipinski definition) is 1. The second-order valence-corrected chi connectivity index (χ2v) is 11.8. The van der Waals surface area contributed by atoms with E-state index in [1.54, 1.807) is 41.4 Å². The summed E-state index contributed by atoms with van der Waals surface area (Å²) in [7, 11) is 0. The van der Waals surface area contributed by atoms with Crippen molar-refractivity contribution in [2.24, 2.45) is 0 Å². The standard InChI is InChI=1S/C31H30ClFN6O5/c1-15(2)22-24(16(3)9-10-34-22)39-28-19(13-20(32)23(35-28)18-7-5-6-8-21(18)33)27(36-31(39)43)38-12-11-37(14-17(38)4)29(40)25-26(44-25)30(41)42/h5-10,13,15,17,25-26H,11-12,14H2,1-4H3,(H,41,42)/t17?,25-,26-/m1/s1. The molecule has 3 atom stereocenters.